The minimum atomic E-state index is -0.0480. The molecule has 0 spiro atoms. The summed E-state index contributed by atoms with van der Waals surface area (Å²) in [5.74, 6) is -0.0225. The first-order valence-corrected chi connectivity index (χ1v) is 6.20. The van der Waals surface area contributed by atoms with Crippen molar-refractivity contribution in [2.45, 2.75) is 31.8 Å². The highest BCUT2D eigenvalue weighted by Gasteiger charge is 2.34. The predicted octanol–water partition coefficient (Wildman–Crippen LogP) is 2.33. The van der Waals surface area contributed by atoms with Gasteiger partial charge in [-0.15, -0.1) is 0 Å². The lowest BCUT2D eigenvalue weighted by molar-refractivity contribution is 0.0612. The smallest absolute Gasteiger partial charge is 0.254 e. The molecular formula is C13H16ClNO2. The van der Waals surface area contributed by atoms with Crippen molar-refractivity contribution in [3.63, 3.8) is 0 Å². The summed E-state index contributed by atoms with van der Waals surface area (Å²) in [4.78, 5) is 14.1. The maximum absolute atomic E-state index is 12.3. The van der Waals surface area contributed by atoms with Crippen molar-refractivity contribution < 1.29 is 9.90 Å². The van der Waals surface area contributed by atoms with Gasteiger partial charge in [0, 0.05) is 16.6 Å². The first-order chi connectivity index (χ1) is 8.13. The number of benzene rings is 1. The second-order valence-corrected chi connectivity index (χ2v) is 4.92. The molecule has 17 heavy (non-hydrogen) atoms. The van der Waals surface area contributed by atoms with Gasteiger partial charge in [-0.3, -0.25) is 4.79 Å². The summed E-state index contributed by atoms with van der Waals surface area (Å²) >= 11 is 5.80. The Kier molecular flexibility index (Phi) is 3.69. The molecule has 0 unspecified atom stereocenters. The zero-order valence-corrected chi connectivity index (χ0v) is 10.5. The van der Waals surface area contributed by atoms with E-state index in [1.54, 1.807) is 29.2 Å². The van der Waals surface area contributed by atoms with E-state index in [-0.39, 0.29) is 24.6 Å². The van der Waals surface area contributed by atoms with Crippen LogP contribution in [0.15, 0.2) is 24.3 Å². The van der Waals surface area contributed by atoms with Gasteiger partial charge in [-0.25, -0.2) is 0 Å². The monoisotopic (exact) mass is 253 g/mol. The lowest BCUT2D eigenvalue weighted by atomic mass is 10.1. The molecule has 1 amide bonds. The largest absolute Gasteiger partial charge is 0.394 e. The van der Waals surface area contributed by atoms with Crippen LogP contribution in [0.4, 0.5) is 0 Å². The van der Waals surface area contributed by atoms with E-state index in [1.807, 2.05) is 6.92 Å². The molecule has 1 N–H and O–H groups in total. The molecule has 0 aliphatic carbocycles. The van der Waals surface area contributed by atoms with Gasteiger partial charge in [-0.05, 0) is 44.0 Å². The van der Waals surface area contributed by atoms with Crippen molar-refractivity contribution in [1.29, 1.82) is 0 Å². The summed E-state index contributed by atoms with van der Waals surface area (Å²) in [6.45, 7) is 2.05. The van der Waals surface area contributed by atoms with E-state index in [0.717, 1.165) is 12.8 Å². The SMILES string of the molecule is C[C@@H]1CC[C@H](CO)N1C(=O)c1ccc(Cl)cc1. The van der Waals surface area contributed by atoms with Crippen LogP contribution in [0, 0.1) is 0 Å². The Morgan fingerprint density at radius 3 is 2.65 bits per heavy atom. The molecule has 1 aliphatic heterocycles. The molecule has 0 bridgehead atoms. The number of rotatable bonds is 2. The second kappa shape index (κ2) is 5.07. The summed E-state index contributed by atoms with van der Waals surface area (Å²) < 4.78 is 0. The number of hydrogen-bond donors (Lipinski definition) is 1. The molecule has 0 saturated carbocycles. The maximum Gasteiger partial charge on any atom is 0.254 e. The summed E-state index contributed by atoms with van der Waals surface area (Å²) in [5, 5.41) is 9.90. The fourth-order valence-electron chi connectivity index (χ4n) is 2.36. The molecular weight excluding hydrogens is 238 g/mol. The summed E-state index contributed by atoms with van der Waals surface area (Å²) in [5.41, 5.74) is 0.626. The number of aliphatic hydroxyl groups is 1. The lowest BCUT2D eigenvalue weighted by Gasteiger charge is -2.27. The number of nitrogens with zero attached hydrogens (tertiary/aromatic N) is 1. The van der Waals surface area contributed by atoms with Crippen LogP contribution in [0.25, 0.3) is 0 Å². The van der Waals surface area contributed by atoms with Crippen LogP contribution in [0.1, 0.15) is 30.1 Å². The topological polar surface area (TPSA) is 40.5 Å². The number of likely N-dealkylation sites (tertiary alicyclic amines) is 1. The first-order valence-electron chi connectivity index (χ1n) is 5.82. The maximum atomic E-state index is 12.3. The third-order valence-corrected chi connectivity index (χ3v) is 3.57. The predicted molar refractivity (Wildman–Crippen MR) is 67.2 cm³/mol. The molecule has 1 fully saturated rings. The molecule has 92 valence electrons. The van der Waals surface area contributed by atoms with Crippen molar-refractivity contribution in [2.75, 3.05) is 6.61 Å². The molecule has 0 aromatic heterocycles. The fourth-order valence-corrected chi connectivity index (χ4v) is 2.48. The van der Waals surface area contributed by atoms with Gasteiger partial charge < -0.3 is 10.0 Å². The molecule has 3 nitrogen and oxygen atoms in total. The van der Waals surface area contributed by atoms with E-state index in [4.69, 9.17) is 11.6 Å². The summed E-state index contributed by atoms with van der Waals surface area (Å²) in [6, 6.07) is 7.02. The molecule has 0 radical (unpaired) electrons. The minimum absolute atomic E-state index is 0.0225. The third-order valence-electron chi connectivity index (χ3n) is 3.32. The molecule has 1 heterocycles. The van der Waals surface area contributed by atoms with Gasteiger partial charge in [0.2, 0.25) is 0 Å². The van der Waals surface area contributed by atoms with E-state index in [9.17, 15) is 9.90 Å². The first kappa shape index (κ1) is 12.4. The Hall–Kier alpha value is -1.06. The Morgan fingerprint density at radius 1 is 1.41 bits per heavy atom. The molecule has 1 aromatic carbocycles. The number of halogens is 1. The molecule has 4 heteroatoms. The van der Waals surface area contributed by atoms with Gasteiger partial charge >= 0.3 is 0 Å². The van der Waals surface area contributed by atoms with Crippen molar-refractivity contribution in [3.05, 3.63) is 34.9 Å². The van der Waals surface area contributed by atoms with Gasteiger partial charge in [0.15, 0.2) is 0 Å². The number of carbonyl (C=O) groups excluding carboxylic acids is 1. The van der Waals surface area contributed by atoms with Crippen LogP contribution in [0.3, 0.4) is 0 Å². The Morgan fingerprint density at radius 2 is 2.06 bits per heavy atom. The fraction of sp³-hybridized carbons (Fsp3) is 0.462. The van der Waals surface area contributed by atoms with Gasteiger partial charge in [-0.1, -0.05) is 11.6 Å². The Bertz CT molecular complexity index is 404. The van der Waals surface area contributed by atoms with Gasteiger partial charge in [0.25, 0.3) is 5.91 Å². The Balaban J connectivity index is 2.21. The number of hydrogen-bond acceptors (Lipinski definition) is 2. The molecule has 1 aromatic rings. The van der Waals surface area contributed by atoms with Gasteiger partial charge in [0.1, 0.15) is 0 Å². The van der Waals surface area contributed by atoms with Crippen LogP contribution < -0.4 is 0 Å². The summed E-state index contributed by atoms with van der Waals surface area (Å²) in [7, 11) is 0. The average molecular weight is 254 g/mol. The van der Waals surface area contributed by atoms with Crippen LogP contribution >= 0.6 is 11.6 Å². The van der Waals surface area contributed by atoms with E-state index >= 15 is 0 Å². The Labute approximate surface area is 106 Å². The van der Waals surface area contributed by atoms with Crippen LogP contribution in [-0.2, 0) is 0 Å². The van der Waals surface area contributed by atoms with E-state index in [1.165, 1.54) is 0 Å². The van der Waals surface area contributed by atoms with Crippen molar-refractivity contribution in [3.8, 4) is 0 Å². The zero-order valence-electron chi connectivity index (χ0n) is 9.77. The number of amides is 1. The quantitative estimate of drug-likeness (QED) is 0.879. The second-order valence-electron chi connectivity index (χ2n) is 4.48. The van der Waals surface area contributed by atoms with Crippen LogP contribution in [0.5, 0.6) is 0 Å². The number of aliphatic hydroxyl groups excluding tert-OH is 1. The average Bonchev–Trinajstić information content (AvgIpc) is 2.70. The van der Waals surface area contributed by atoms with E-state index in [2.05, 4.69) is 0 Å². The molecule has 2 rings (SSSR count). The highest BCUT2D eigenvalue weighted by Crippen LogP contribution is 2.26. The standard InChI is InChI=1S/C13H16ClNO2/c1-9-2-7-12(8-16)15(9)13(17)10-3-5-11(14)6-4-10/h3-6,9,12,16H,2,7-8H2,1H3/t9-,12-/m1/s1. The lowest BCUT2D eigenvalue weighted by Crippen LogP contribution is -2.41. The van der Waals surface area contributed by atoms with E-state index in [0.29, 0.717) is 10.6 Å². The van der Waals surface area contributed by atoms with Gasteiger partial charge in [-0.2, -0.15) is 0 Å². The van der Waals surface area contributed by atoms with Gasteiger partial charge in [0.05, 0.1) is 12.6 Å². The summed E-state index contributed by atoms with van der Waals surface area (Å²) in [6.07, 6.45) is 1.82. The zero-order chi connectivity index (χ0) is 12.4. The van der Waals surface area contributed by atoms with Crippen LogP contribution in [-0.4, -0.2) is 34.6 Å². The molecule has 1 saturated heterocycles. The van der Waals surface area contributed by atoms with Crippen molar-refractivity contribution in [2.24, 2.45) is 0 Å². The highest BCUT2D eigenvalue weighted by molar-refractivity contribution is 6.30. The highest BCUT2D eigenvalue weighted by atomic mass is 35.5. The van der Waals surface area contributed by atoms with Crippen molar-refractivity contribution in [1.82, 2.24) is 4.90 Å². The van der Waals surface area contributed by atoms with Crippen molar-refractivity contribution >= 4 is 17.5 Å². The van der Waals surface area contributed by atoms with E-state index < -0.39 is 0 Å². The van der Waals surface area contributed by atoms with Crippen LogP contribution in [0.2, 0.25) is 5.02 Å². The normalized spacial score (nSPS) is 24.1. The number of carbonyl (C=O) groups is 1. The molecule has 1 aliphatic rings. The molecule has 2 atom stereocenters. The third kappa shape index (κ3) is 2.45. The minimum Gasteiger partial charge on any atom is -0.394 e.